The maximum atomic E-state index is 12.7. The number of nitrogens with one attached hydrogen (secondary N) is 1. The number of sulfonamides is 1. The molecular weight excluding hydrogens is 454 g/mol. The van der Waals surface area contributed by atoms with Crippen LogP contribution in [0.4, 0.5) is 5.69 Å². The zero-order chi connectivity index (χ0) is 23.4. The third-order valence-corrected chi connectivity index (χ3v) is 5.97. The van der Waals surface area contributed by atoms with Crippen molar-refractivity contribution in [3.05, 3.63) is 71.7 Å². The summed E-state index contributed by atoms with van der Waals surface area (Å²) in [7, 11) is -2.66. The summed E-state index contributed by atoms with van der Waals surface area (Å²) < 4.78 is 53.6. The standard InChI is InChI=1S/C22H19NO9S/c1-28-22(25)19-8-6-16(32-19)13-31-21(24)14-2-4-15(5-3-14)23-33(26,27)17-7-9-18-20(12-17)30-11-10-29-18/h2-9,12,23H,10-11,13H2,1H3. The predicted octanol–water partition coefficient (Wildman–Crippen LogP) is 3.00. The van der Waals surface area contributed by atoms with Crippen LogP contribution in [-0.4, -0.2) is 40.7 Å². The normalized spacial score (nSPS) is 12.6. The molecule has 3 aromatic rings. The Labute approximate surface area is 189 Å². The van der Waals surface area contributed by atoms with Gasteiger partial charge in [-0.25, -0.2) is 18.0 Å². The summed E-state index contributed by atoms with van der Waals surface area (Å²) in [4.78, 5) is 23.7. The summed E-state index contributed by atoms with van der Waals surface area (Å²) in [5.41, 5.74) is 0.465. The van der Waals surface area contributed by atoms with Crippen molar-refractivity contribution in [2.75, 3.05) is 25.0 Å². The van der Waals surface area contributed by atoms with E-state index in [1.165, 1.54) is 61.7 Å². The molecule has 1 N–H and O–H groups in total. The average Bonchev–Trinajstić information content (AvgIpc) is 3.31. The van der Waals surface area contributed by atoms with Crippen molar-refractivity contribution in [3.63, 3.8) is 0 Å². The van der Waals surface area contributed by atoms with Gasteiger partial charge in [0.1, 0.15) is 25.6 Å². The molecule has 33 heavy (non-hydrogen) atoms. The lowest BCUT2D eigenvalue weighted by atomic mass is 10.2. The molecule has 0 atom stereocenters. The second-order valence-corrected chi connectivity index (χ2v) is 8.50. The van der Waals surface area contributed by atoms with Gasteiger partial charge in [-0.2, -0.15) is 0 Å². The van der Waals surface area contributed by atoms with Gasteiger partial charge < -0.3 is 23.4 Å². The van der Waals surface area contributed by atoms with Gasteiger partial charge in [-0.05, 0) is 48.5 Å². The molecule has 2 aromatic carbocycles. The first-order valence-electron chi connectivity index (χ1n) is 9.72. The Morgan fingerprint density at radius 3 is 2.39 bits per heavy atom. The largest absolute Gasteiger partial charge is 0.486 e. The highest BCUT2D eigenvalue weighted by atomic mass is 32.2. The lowest BCUT2D eigenvalue weighted by Gasteiger charge is -2.19. The number of hydrogen-bond donors (Lipinski definition) is 1. The lowest BCUT2D eigenvalue weighted by molar-refractivity contribution is 0.0438. The van der Waals surface area contributed by atoms with Crippen molar-refractivity contribution in [1.82, 2.24) is 0 Å². The van der Waals surface area contributed by atoms with Crippen molar-refractivity contribution in [2.24, 2.45) is 0 Å². The minimum absolute atomic E-state index is 0.00167. The van der Waals surface area contributed by atoms with Crippen LogP contribution in [0.25, 0.3) is 0 Å². The van der Waals surface area contributed by atoms with Crippen LogP contribution in [0.3, 0.4) is 0 Å². The number of fused-ring (bicyclic) bond motifs is 1. The smallest absolute Gasteiger partial charge is 0.373 e. The Balaban J connectivity index is 1.38. The molecule has 10 nitrogen and oxygen atoms in total. The molecule has 0 bridgehead atoms. The monoisotopic (exact) mass is 473 g/mol. The van der Waals surface area contributed by atoms with E-state index in [2.05, 4.69) is 9.46 Å². The number of carbonyl (C=O) groups is 2. The summed E-state index contributed by atoms with van der Waals surface area (Å²) >= 11 is 0. The molecule has 0 fully saturated rings. The first kappa shape index (κ1) is 22.2. The highest BCUT2D eigenvalue weighted by Gasteiger charge is 2.20. The number of ether oxygens (including phenoxy) is 4. The van der Waals surface area contributed by atoms with Gasteiger partial charge >= 0.3 is 11.9 Å². The van der Waals surface area contributed by atoms with Gasteiger partial charge in [0.15, 0.2) is 11.5 Å². The number of hydrogen-bond acceptors (Lipinski definition) is 9. The van der Waals surface area contributed by atoms with Crippen molar-refractivity contribution in [2.45, 2.75) is 11.5 Å². The quantitative estimate of drug-likeness (QED) is 0.515. The van der Waals surface area contributed by atoms with E-state index in [-0.39, 0.29) is 34.3 Å². The second kappa shape index (κ2) is 9.25. The molecule has 0 radical (unpaired) electrons. The molecule has 4 rings (SSSR count). The van der Waals surface area contributed by atoms with Crippen LogP contribution in [0.2, 0.25) is 0 Å². The zero-order valence-corrected chi connectivity index (χ0v) is 18.2. The third kappa shape index (κ3) is 5.09. The minimum atomic E-state index is -3.89. The number of anilines is 1. The lowest BCUT2D eigenvalue weighted by Crippen LogP contribution is -2.17. The molecule has 0 saturated carbocycles. The topological polar surface area (TPSA) is 130 Å². The van der Waals surface area contributed by atoms with Gasteiger partial charge in [-0.1, -0.05) is 0 Å². The van der Waals surface area contributed by atoms with Crippen LogP contribution in [0.15, 0.2) is 63.9 Å². The van der Waals surface area contributed by atoms with E-state index in [0.29, 0.717) is 24.7 Å². The average molecular weight is 473 g/mol. The van der Waals surface area contributed by atoms with Crippen LogP contribution in [0.1, 0.15) is 26.7 Å². The Bertz CT molecular complexity index is 1280. The summed E-state index contributed by atoms with van der Waals surface area (Å²) in [5, 5.41) is 0. The number of carbonyl (C=O) groups excluding carboxylic acids is 2. The van der Waals surface area contributed by atoms with Crippen LogP contribution >= 0.6 is 0 Å². The Morgan fingerprint density at radius 2 is 1.67 bits per heavy atom. The van der Waals surface area contributed by atoms with E-state index < -0.39 is 22.0 Å². The zero-order valence-electron chi connectivity index (χ0n) is 17.4. The van der Waals surface area contributed by atoms with E-state index in [4.69, 9.17) is 18.6 Å². The molecule has 0 amide bonds. The molecule has 2 heterocycles. The molecule has 1 aromatic heterocycles. The molecule has 1 aliphatic heterocycles. The van der Waals surface area contributed by atoms with Gasteiger partial charge in [0, 0.05) is 11.8 Å². The Kier molecular flexibility index (Phi) is 6.22. The molecule has 11 heteroatoms. The first-order valence-corrected chi connectivity index (χ1v) is 11.2. The van der Waals surface area contributed by atoms with Crippen LogP contribution in [-0.2, 0) is 26.1 Å². The third-order valence-electron chi connectivity index (χ3n) is 4.59. The van der Waals surface area contributed by atoms with Crippen LogP contribution < -0.4 is 14.2 Å². The maximum absolute atomic E-state index is 12.7. The van der Waals surface area contributed by atoms with Crippen LogP contribution in [0.5, 0.6) is 11.5 Å². The van der Waals surface area contributed by atoms with Crippen molar-refractivity contribution in [1.29, 1.82) is 0 Å². The fourth-order valence-electron chi connectivity index (χ4n) is 2.97. The Hall–Kier alpha value is -3.99. The summed E-state index contributed by atoms with van der Waals surface area (Å²) in [6, 6.07) is 13.0. The van der Waals surface area contributed by atoms with Crippen molar-refractivity contribution < 1.29 is 41.4 Å². The number of methoxy groups -OCH3 is 1. The second-order valence-electron chi connectivity index (χ2n) is 6.82. The van der Waals surface area contributed by atoms with Crippen molar-refractivity contribution >= 4 is 27.6 Å². The minimum Gasteiger partial charge on any atom is -0.486 e. The van der Waals surface area contributed by atoms with Gasteiger partial charge in [-0.15, -0.1) is 0 Å². The highest BCUT2D eigenvalue weighted by Crippen LogP contribution is 2.32. The Morgan fingerprint density at radius 1 is 0.939 bits per heavy atom. The fourth-order valence-corrected chi connectivity index (χ4v) is 4.04. The maximum Gasteiger partial charge on any atom is 0.373 e. The van der Waals surface area contributed by atoms with E-state index in [1.807, 2.05) is 0 Å². The number of furan rings is 1. The predicted molar refractivity (Wildman–Crippen MR) is 114 cm³/mol. The fraction of sp³-hybridized carbons (Fsp3) is 0.182. The first-order chi connectivity index (χ1) is 15.9. The van der Waals surface area contributed by atoms with E-state index >= 15 is 0 Å². The van der Waals surface area contributed by atoms with E-state index in [9.17, 15) is 18.0 Å². The highest BCUT2D eigenvalue weighted by molar-refractivity contribution is 7.92. The summed E-state index contributed by atoms with van der Waals surface area (Å²) in [6.07, 6.45) is 0. The number of rotatable bonds is 7. The summed E-state index contributed by atoms with van der Waals surface area (Å²) in [6.45, 7) is 0.560. The van der Waals surface area contributed by atoms with Gasteiger partial charge in [0.2, 0.25) is 5.76 Å². The van der Waals surface area contributed by atoms with Crippen molar-refractivity contribution in [3.8, 4) is 11.5 Å². The van der Waals surface area contributed by atoms with E-state index in [0.717, 1.165) is 0 Å². The summed E-state index contributed by atoms with van der Waals surface area (Å²) in [5.74, 6) is -0.170. The number of esters is 2. The van der Waals surface area contributed by atoms with Gasteiger partial charge in [0.05, 0.1) is 17.6 Å². The van der Waals surface area contributed by atoms with E-state index in [1.54, 1.807) is 0 Å². The van der Waals surface area contributed by atoms with Crippen LogP contribution in [0, 0.1) is 0 Å². The molecule has 0 aliphatic carbocycles. The van der Waals surface area contributed by atoms with Gasteiger partial charge in [0.25, 0.3) is 10.0 Å². The molecule has 0 saturated heterocycles. The molecular formula is C22H19NO9S. The van der Waals surface area contributed by atoms with Gasteiger partial charge in [-0.3, -0.25) is 4.72 Å². The molecule has 0 unspecified atom stereocenters. The molecule has 172 valence electrons. The molecule has 1 aliphatic rings. The SMILES string of the molecule is COC(=O)c1ccc(COC(=O)c2ccc(NS(=O)(=O)c3ccc4c(c3)OCCO4)cc2)o1. The number of benzene rings is 2. The molecule has 0 spiro atoms.